The number of non-ortho nitro benzene ring substituents is 1. The van der Waals surface area contributed by atoms with Gasteiger partial charge in [0.1, 0.15) is 11.9 Å². The molecule has 7 heteroatoms. The van der Waals surface area contributed by atoms with Crippen molar-refractivity contribution in [1.29, 1.82) is 0 Å². The molecule has 1 aromatic carbocycles. The van der Waals surface area contributed by atoms with E-state index in [4.69, 9.17) is 4.74 Å². The van der Waals surface area contributed by atoms with Crippen molar-refractivity contribution in [2.24, 2.45) is 34.5 Å². The average molecular weight is 455 g/mol. The van der Waals surface area contributed by atoms with Gasteiger partial charge in [-0.2, -0.15) is 0 Å². The maximum Gasteiger partial charge on any atom is 0.411 e. The highest BCUT2D eigenvalue weighted by atomic mass is 16.6. The Kier molecular flexibility index (Phi) is 5.49. The number of hydrogen-bond donors (Lipinski definition) is 1. The van der Waals surface area contributed by atoms with Crippen LogP contribution in [0.2, 0.25) is 0 Å². The summed E-state index contributed by atoms with van der Waals surface area (Å²) in [4.78, 5) is 35.4. The normalized spacial score (nSPS) is 39.7. The Bertz CT molecular complexity index is 962. The van der Waals surface area contributed by atoms with Gasteiger partial charge in [-0.1, -0.05) is 13.8 Å². The highest BCUT2D eigenvalue weighted by Crippen LogP contribution is 2.65. The first kappa shape index (κ1) is 22.4. The fraction of sp³-hybridized carbons (Fsp3) is 0.692. The van der Waals surface area contributed by atoms with E-state index in [1.54, 1.807) is 0 Å². The van der Waals surface area contributed by atoms with Gasteiger partial charge in [-0.05, 0) is 92.6 Å². The lowest BCUT2D eigenvalue weighted by molar-refractivity contribution is -0.384. The van der Waals surface area contributed by atoms with Crippen molar-refractivity contribution in [3.63, 3.8) is 0 Å². The number of nitrogens with one attached hydrogen (secondary N) is 1. The zero-order chi connectivity index (χ0) is 23.4. The largest absolute Gasteiger partial charge is 0.446 e. The fourth-order valence-electron chi connectivity index (χ4n) is 8.06. The monoisotopic (exact) mass is 454 g/mol. The molecule has 4 fully saturated rings. The fourth-order valence-corrected chi connectivity index (χ4v) is 8.06. The summed E-state index contributed by atoms with van der Waals surface area (Å²) in [6.07, 6.45) is 8.62. The van der Waals surface area contributed by atoms with Crippen LogP contribution < -0.4 is 5.32 Å². The molecule has 4 aliphatic rings. The van der Waals surface area contributed by atoms with Gasteiger partial charge in [0.25, 0.3) is 5.69 Å². The van der Waals surface area contributed by atoms with Gasteiger partial charge in [0.05, 0.1) is 4.92 Å². The van der Waals surface area contributed by atoms with Gasteiger partial charge < -0.3 is 4.74 Å². The molecule has 0 heterocycles. The Hall–Kier alpha value is -2.44. The van der Waals surface area contributed by atoms with Crippen LogP contribution in [-0.2, 0) is 9.53 Å². The second-order valence-electron chi connectivity index (χ2n) is 11.3. The Morgan fingerprint density at radius 3 is 2.55 bits per heavy atom. The summed E-state index contributed by atoms with van der Waals surface area (Å²) in [6.45, 7) is 4.69. The number of carbonyl (C=O) groups is 2. The van der Waals surface area contributed by atoms with E-state index in [1.807, 2.05) is 0 Å². The van der Waals surface area contributed by atoms with Crippen LogP contribution >= 0.6 is 0 Å². The molecule has 33 heavy (non-hydrogen) atoms. The molecule has 0 radical (unpaired) electrons. The number of fused-ring (bicyclic) bond motifs is 5. The summed E-state index contributed by atoms with van der Waals surface area (Å²) in [5, 5.41) is 13.5. The first-order valence-electron chi connectivity index (χ1n) is 12.5. The molecule has 0 saturated heterocycles. The molecule has 7 nitrogen and oxygen atoms in total. The molecule has 0 bridgehead atoms. The first-order chi connectivity index (χ1) is 15.7. The third-order valence-corrected chi connectivity index (χ3v) is 9.92. The number of ketones is 1. The summed E-state index contributed by atoms with van der Waals surface area (Å²) in [5.41, 5.74) is 0.662. The van der Waals surface area contributed by atoms with Crippen molar-refractivity contribution in [3.05, 3.63) is 34.4 Å². The van der Waals surface area contributed by atoms with E-state index in [9.17, 15) is 19.7 Å². The highest BCUT2D eigenvalue weighted by Gasteiger charge is 2.60. The van der Waals surface area contributed by atoms with Crippen molar-refractivity contribution in [2.75, 3.05) is 5.32 Å². The molecule has 4 aliphatic carbocycles. The predicted molar refractivity (Wildman–Crippen MR) is 124 cm³/mol. The number of anilines is 1. The zero-order valence-corrected chi connectivity index (χ0v) is 19.5. The van der Waals surface area contributed by atoms with E-state index < -0.39 is 11.0 Å². The molecule has 0 aliphatic heterocycles. The molecule has 1 N–H and O–H groups in total. The maximum absolute atomic E-state index is 12.6. The SMILES string of the molecule is C[C@]12CC[C@@H](OC(=O)Nc3ccc([N+](=O)[O-])cc3)C[C@H]1CC[C@@H]1[C@@H]2CC[C@]2(C)C(=O)CC[C@@H]12. The third-order valence-electron chi connectivity index (χ3n) is 9.92. The second-order valence-corrected chi connectivity index (χ2v) is 11.3. The Morgan fingerprint density at radius 1 is 1.06 bits per heavy atom. The Labute approximate surface area is 194 Å². The van der Waals surface area contributed by atoms with Crippen molar-refractivity contribution in [3.8, 4) is 0 Å². The van der Waals surface area contributed by atoms with Crippen molar-refractivity contribution in [2.45, 2.75) is 77.7 Å². The number of benzene rings is 1. The van der Waals surface area contributed by atoms with E-state index >= 15 is 0 Å². The van der Waals surface area contributed by atoms with Gasteiger partial charge in [-0.3, -0.25) is 20.2 Å². The molecular formula is C26H34N2O5. The number of Topliss-reactive ketones (excluding diaryl/α,β-unsaturated/α-hetero) is 1. The van der Waals surface area contributed by atoms with Gasteiger partial charge in [0, 0.05) is 29.7 Å². The van der Waals surface area contributed by atoms with E-state index in [1.165, 1.54) is 30.7 Å². The van der Waals surface area contributed by atoms with Gasteiger partial charge in [0.15, 0.2) is 0 Å². The van der Waals surface area contributed by atoms with Crippen LogP contribution in [-0.4, -0.2) is 22.9 Å². The zero-order valence-electron chi connectivity index (χ0n) is 19.5. The lowest BCUT2D eigenvalue weighted by Crippen LogP contribution is -2.54. The predicted octanol–water partition coefficient (Wildman–Crippen LogP) is 6.12. The van der Waals surface area contributed by atoms with Gasteiger partial charge in [0.2, 0.25) is 0 Å². The average Bonchev–Trinajstić information content (AvgIpc) is 3.09. The maximum atomic E-state index is 12.6. The lowest BCUT2D eigenvalue weighted by Gasteiger charge is -2.60. The number of nitro benzene ring substituents is 1. The number of nitrogens with zero attached hydrogens (tertiary/aromatic N) is 1. The molecular weight excluding hydrogens is 420 g/mol. The van der Waals surface area contributed by atoms with Crippen LogP contribution in [0.4, 0.5) is 16.2 Å². The van der Waals surface area contributed by atoms with Crippen LogP contribution in [0, 0.1) is 44.6 Å². The number of hydrogen-bond acceptors (Lipinski definition) is 5. The van der Waals surface area contributed by atoms with Crippen LogP contribution in [0.25, 0.3) is 0 Å². The van der Waals surface area contributed by atoms with E-state index in [0.717, 1.165) is 51.4 Å². The van der Waals surface area contributed by atoms with Gasteiger partial charge in [-0.15, -0.1) is 0 Å². The molecule has 7 atom stereocenters. The molecule has 0 aromatic heterocycles. The molecule has 1 aromatic rings. The smallest absolute Gasteiger partial charge is 0.411 e. The number of ether oxygens (including phenoxy) is 1. The van der Waals surface area contributed by atoms with Crippen LogP contribution in [0.1, 0.15) is 71.6 Å². The summed E-state index contributed by atoms with van der Waals surface area (Å²) in [5.74, 6) is 2.94. The van der Waals surface area contributed by atoms with Gasteiger partial charge >= 0.3 is 6.09 Å². The summed E-state index contributed by atoms with van der Waals surface area (Å²) >= 11 is 0. The topological polar surface area (TPSA) is 98.5 Å². The van der Waals surface area contributed by atoms with Crippen molar-refractivity contribution < 1.29 is 19.2 Å². The van der Waals surface area contributed by atoms with Crippen LogP contribution in [0.3, 0.4) is 0 Å². The number of rotatable bonds is 3. The minimum Gasteiger partial charge on any atom is -0.446 e. The van der Waals surface area contributed by atoms with Crippen LogP contribution in [0.5, 0.6) is 0 Å². The lowest BCUT2D eigenvalue weighted by atomic mass is 9.45. The minimum atomic E-state index is -0.496. The highest BCUT2D eigenvalue weighted by molar-refractivity contribution is 5.87. The first-order valence-corrected chi connectivity index (χ1v) is 12.5. The molecule has 0 spiro atoms. The molecule has 5 rings (SSSR count). The van der Waals surface area contributed by atoms with Crippen molar-refractivity contribution in [1.82, 2.24) is 0 Å². The standard InChI is InChI=1S/C26H34N2O5/c1-25-13-11-19(33-24(30)27-17-4-6-18(7-5-17)28(31)32)15-16(25)3-8-20-21-9-10-23(29)26(21,2)14-12-22(20)25/h4-7,16,19-22H,3,8-15H2,1-2H3,(H,27,30)/t16-,19-,20+,21+,22+,25+,26+/m1/s1. The number of carbonyl (C=O) groups excluding carboxylic acids is 2. The minimum absolute atomic E-state index is 0.0129. The van der Waals surface area contributed by atoms with Crippen molar-refractivity contribution >= 4 is 23.3 Å². The van der Waals surface area contributed by atoms with E-state index in [2.05, 4.69) is 19.2 Å². The third kappa shape index (κ3) is 3.73. The quantitative estimate of drug-likeness (QED) is 0.438. The summed E-state index contributed by atoms with van der Waals surface area (Å²) in [6, 6.07) is 5.77. The molecule has 178 valence electrons. The van der Waals surface area contributed by atoms with Gasteiger partial charge in [-0.25, -0.2) is 4.79 Å². The van der Waals surface area contributed by atoms with E-state index in [-0.39, 0.29) is 22.6 Å². The Balaban J connectivity index is 1.20. The second kappa shape index (κ2) is 8.10. The molecule has 4 saturated carbocycles. The number of amides is 1. The summed E-state index contributed by atoms with van der Waals surface area (Å²) in [7, 11) is 0. The number of nitro groups is 1. The van der Waals surface area contributed by atoms with Crippen LogP contribution in [0.15, 0.2) is 24.3 Å². The Morgan fingerprint density at radius 2 is 1.82 bits per heavy atom. The molecule has 0 unspecified atom stereocenters. The molecule has 1 amide bonds. The summed E-state index contributed by atoms with van der Waals surface area (Å²) < 4.78 is 5.77. The van der Waals surface area contributed by atoms with E-state index in [0.29, 0.717) is 35.1 Å².